The van der Waals surface area contributed by atoms with Gasteiger partial charge >= 0.3 is 5.97 Å². The molecule has 7 heteroatoms. The zero-order chi connectivity index (χ0) is 13.1. The highest BCUT2D eigenvalue weighted by Crippen LogP contribution is 2.28. The van der Waals surface area contributed by atoms with Crippen LogP contribution in [0, 0.1) is 0 Å². The zero-order valence-corrected chi connectivity index (χ0v) is 11.9. The van der Waals surface area contributed by atoms with Gasteiger partial charge in [0.1, 0.15) is 12.2 Å². The lowest BCUT2D eigenvalue weighted by Crippen LogP contribution is -2.00. The van der Waals surface area contributed by atoms with Gasteiger partial charge in [0.25, 0.3) is 0 Å². The van der Waals surface area contributed by atoms with Gasteiger partial charge in [0.2, 0.25) is 0 Å². The molecular weight excluding hydrogens is 318 g/mol. The smallest absolute Gasteiger partial charge is 0.336 e. The van der Waals surface area contributed by atoms with E-state index in [0.717, 1.165) is 10.3 Å². The van der Waals surface area contributed by atoms with Gasteiger partial charge < -0.3 is 9.67 Å². The molecule has 0 saturated heterocycles. The van der Waals surface area contributed by atoms with E-state index in [2.05, 4.69) is 26.1 Å². The van der Waals surface area contributed by atoms with Crippen LogP contribution in [0.3, 0.4) is 0 Å². The van der Waals surface area contributed by atoms with Crippen molar-refractivity contribution in [3.63, 3.8) is 0 Å². The van der Waals surface area contributed by atoms with Crippen LogP contribution in [0.2, 0.25) is 0 Å². The van der Waals surface area contributed by atoms with Crippen molar-refractivity contribution in [1.29, 1.82) is 0 Å². The minimum Gasteiger partial charge on any atom is -0.478 e. The summed E-state index contributed by atoms with van der Waals surface area (Å²) in [5.74, 6) is 0.451. The van der Waals surface area contributed by atoms with E-state index < -0.39 is 5.97 Å². The first kappa shape index (κ1) is 13.1. The normalized spacial score (nSPS) is 10.6. The maximum atomic E-state index is 11.1. The predicted octanol–water partition coefficient (Wildman–Crippen LogP) is 2.57. The summed E-state index contributed by atoms with van der Waals surface area (Å²) in [5, 5.41) is 16.9. The summed E-state index contributed by atoms with van der Waals surface area (Å²) in [6.45, 7) is 0. The molecule has 5 nitrogen and oxygen atoms in total. The van der Waals surface area contributed by atoms with Gasteiger partial charge in [-0.05, 0) is 18.2 Å². The second-order valence-electron chi connectivity index (χ2n) is 3.59. The second kappa shape index (κ2) is 5.53. The Bertz CT molecular complexity index is 585. The summed E-state index contributed by atoms with van der Waals surface area (Å²) >= 11 is 4.77. The maximum absolute atomic E-state index is 11.1. The first-order chi connectivity index (χ1) is 8.58. The molecule has 0 fully saturated rings. The monoisotopic (exact) mass is 327 g/mol. The van der Waals surface area contributed by atoms with Crippen molar-refractivity contribution in [2.24, 2.45) is 7.05 Å². The van der Waals surface area contributed by atoms with Crippen LogP contribution in [-0.4, -0.2) is 25.8 Å². The van der Waals surface area contributed by atoms with Gasteiger partial charge in [0.05, 0.1) is 11.3 Å². The van der Waals surface area contributed by atoms with Crippen LogP contribution in [0.5, 0.6) is 0 Å². The van der Waals surface area contributed by atoms with Gasteiger partial charge in [-0.3, -0.25) is 0 Å². The molecule has 2 aromatic rings. The van der Waals surface area contributed by atoms with Gasteiger partial charge in [0.15, 0.2) is 0 Å². The molecule has 0 aliphatic carbocycles. The first-order valence-corrected chi connectivity index (χ1v) is 6.84. The van der Waals surface area contributed by atoms with Crippen LogP contribution >= 0.6 is 27.7 Å². The molecular formula is C11H10BrN3O2S. The SMILES string of the molecule is Cn1cnnc1CSc1cc(Br)ccc1C(=O)O. The molecule has 18 heavy (non-hydrogen) atoms. The molecule has 1 aromatic heterocycles. The quantitative estimate of drug-likeness (QED) is 0.874. The van der Waals surface area contributed by atoms with E-state index in [1.54, 1.807) is 24.5 Å². The Morgan fingerprint density at radius 1 is 1.56 bits per heavy atom. The number of carbonyl (C=O) groups is 1. The van der Waals surface area contributed by atoms with Crippen molar-refractivity contribution in [3.8, 4) is 0 Å². The lowest BCUT2D eigenvalue weighted by Gasteiger charge is -2.06. The minimum absolute atomic E-state index is 0.297. The van der Waals surface area contributed by atoms with Crippen molar-refractivity contribution in [2.75, 3.05) is 0 Å². The summed E-state index contributed by atoms with van der Waals surface area (Å²) in [5.41, 5.74) is 0.297. The number of nitrogens with zero attached hydrogens (tertiary/aromatic N) is 3. The van der Waals surface area contributed by atoms with Crippen molar-refractivity contribution in [1.82, 2.24) is 14.8 Å². The largest absolute Gasteiger partial charge is 0.478 e. The summed E-state index contributed by atoms with van der Waals surface area (Å²) in [7, 11) is 1.86. The number of carboxylic acids is 1. The van der Waals surface area contributed by atoms with Gasteiger partial charge in [0, 0.05) is 16.4 Å². The van der Waals surface area contributed by atoms with E-state index in [-0.39, 0.29) is 0 Å². The second-order valence-corrected chi connectivity index (χ2v) is 5.53. The van der Waals surface area contributed by atoms with E-state index in [0.29, 0.717) is 16.2 Å². The number of halogens is 1. The molecule has 1 N–H and O–H groups in total. The Morgan fingerprint density at radius 3 is 2.94 bits per heavy atom. The van der Waals surface area contributed by atoms with Crippen LogP contribution in [0.1, 0.15) is 16.2 Å². The molecule has 0 atom stereocenters. The number of aryl methyl sites for hydroxylation is 1. The van der Waals surface area contributed by atoms with Crippen molar-refractivity contribution in [3.05, 3.63) is 40.4 Å². The highest BCUT2D eigenvalue weighted by Gasteiger charge is 2.12. The summed E-state index contributed by atoms with van der Waals surface area (Å²) in [6.07, 6.45) is 1.62. The Labute approximate surface area is 116 Å². The molecule has 1 heterocycles. The number of benzene rings is 1. The Balaban J connectivity index is 2.20. The van der Waals surface area contributed by atoms with Crippen molar-refractivity contribution in [2.45, 2.75) is 10.6 Å². The van der Waals surface area contributed by atoms with E-state index in [1.807, 2.05) is 11.6 Å². The summed E-state index contributed by atoms with van der Waals surface area (Å²) in [6, 6.07) is 5.10. The van der Waals surface area contributed by atoms with Crippen molar-refractivity contribution >= 4 is 33.7 Å². The van der Waals surface area contributed by atoms with Gasteiger partial charge in [-0.25, -0.2) is 4.79 Å². The fourth-order valence-electron chi connectivity index (χ4n) is 1.37. The Morgan fingerprint density at radius 2 is 2.33 bits per heavy atom. The predicted molar refractivity (Wildman–Crippen MR) is 71.7 cm³/mol. The number of aromatic carboxylic acids is 1. The van der Waals surface area contributed by atoms with Crippen molar-refractivity contribution < 1.29 is 9.90 Å². The number of aromatic nitrogens is 3. The van der Waals surface area contributed by atoms with Crippen LogP contribution < -0.4 is 0 Å². The molecule has 2 rings (SSSR count). The molecule has 0 aliphatic heterocycles. The number of carboxylic acid groups (broad SMARTS) is 1. The third-order valence-electron chi connectivity index (χ3n) is 2.34. The molecule has 1 aromatic carbocycles. The van der Waals surface area contributed by atoms with E-state index in [1.165, 1.54) is 11.8 Å². The maximum Gasteiger partial charge on any atom is 0.336 e. The summed E-state index contributed by atoms with van der Waals surface area (Å²) in [4.78, 5) is 11.8. The third kappa shape index (κ3) is 2.91. The molecule has 0 bridgehead atoms. The van der Waals surface area contributed by atoms with Crippen LogP contribution in [0.4, 0.5) is 0 Å². The molecule has 0 spiro atoms. The van der Waals surface area contributed by atoms with Gasteiger partial charge in [-0.15, -0.1) is 22.0 Å². The van der Waals surface area contributed by atoms with E-state index in [4.69, 9.17) is 5.11 Å². The Hall–Kier alpha value is -1.34. The van der Waals surface area contributed by atoms with Crippen LogP contribution in [-0.2, 0) is 12.8 Å². The lowest BCUT2D eigenvalue weighted by molar-refractivity contribution is 0.0693. The van der Waals surface area contributed by atoms with E-state index in [9.17, 15) is 4.79 Å². The molecule has 0 saturated carbocycles. The molecule has 0 aliphatic rings. The average Bonchev–Trinajstić information content (AvgIpc) is 2.72. The number of thioether (sulfide) groups is 1. The molecule has 0 amide bonds. The Kier molecular flexibility index (Phi) is 4.03. The molecule has 94 valence electrons. The number of hydrogen-bond donors (Lipinski definition) is 1. The lowest BCUT2D eigenvalue weighted by atomic mass is 10.2. The van der Waals surface area contributed by atoms with Crippen LogP contribution in [0.25, 0.3) is 0 Å². The molecule has 0 radical (unpaired) electrons. The van der Waals surface area contributed by atoms with Gasteiger partial charge in [-0.1, -0.05) is 15.9 Å². The fourth-order valence-corrected chi connectivity index (χ4v) is 2.95. The van der Waals surface area contributed by atoms with E-state index >= 15 is 0 Å². The standard InChI is InChI=1S/C11H10BrN3O2S/c1-15-6-13-14-10(15)5-18-9-4-7(12)2-3-8(9)11(16)17/h2-4,6H,5H2,1H3,(H,16,17). The van der Waals surface area contributed by atoms with Crippen LogP contribution in [0.15, 0.2) is 33.9 Å². The average molecular weight is 328 g/mol. The highest BCUT2D eigenvalue weighted by atomic mass is 79.9. The first-order valence-electron chi connectivity index (χ1n) is 5.06. The third-order valence-corrected chi connectivity index (χ3v) is 3.88. The number of hydrogen-bond acceptors (Lipinski definition) is 4. The fraction of sp³-hybridized carbons (Fsp3) is 0.182. The minimum atomic E-state index is -0.928. The highest BCUT2D eigenvalue weighted by molar-refractivity contribution is 9.10. The molecule has 0 unspecified atom stereocenters. The number of rotatable bonds is 4. The topological polar surface area (TPSA) is 68.0 Å². The zero-order valence-electron chi connectivity index (χ0n) is 9.50. The van der Waals surface area contributed by atoms with Gasteiger partial charge in [-0.2, -0.15) is 0 Å². The summed E-state index contributed by atoms with van der Waals surface area (Å²) < 4.78 is 2.67.